The van der Waals surface area contributed by atoms with Gasteiger partial charge < -0.3 is 10.1 Å². The fraction of sp³-hybridized carbons (Fsp3) is 0.345. The van der Waals surface area contributed by atoms with Gasteiger partial charge in [-0.25, -0.2) is 8.42 Å². The standard InChI is InChI=1S/C29H30N2O4S/c1-17-3-10-22(15-18(17)2)31-36(33,34)23-11-12-26-25(16-23)29-24(13-14-35-29)27(30-26)19-4-6-20(7-5-19)28(32)21-8-9-21/h3-7,10-12,15-16,21,24,27,29-31H,8-9,13-14H2,1-2H3. The molecule has 1 aliphatic carbocycles. The summed E-state index contributed by atoms with van der Waals surface area (Å²) in [5, 5.41) is 3.63. The Kier molecular flexibility index (Phi) is 5.65. The maximum absolute atomic E-state index is 13.2. The number of Topliss-reactive ketones (excluding diaryl/α,β-unsaturated/α-hetero) is 1. The first-order valence-corrected chi connectivity index (χ1v) is 14.0. The van der Waals surface area contributed by atoms with Crippen molar-refractivity contribution in [2.45, 2.75) is 50.2 Å². The number of ketones is 1. The second kappa shape index (κ2) is 8.75. The highest BCUT2D eigenvalue weighted by molar-refractivity contribution is 7.92. The summed E-state index contributed by atoms with van der Waals surface area (Å²) < 4.78 is 35.3. The number of hydrogen-bond donors (Lipinski definition) is 2. The van der Waals surface area contributed by atoms with E-state index in [1.165, 1.54) is 0 Å². The summed E-state index contributed by atoms with van der Waals surface area (Å²) in [7, 11) is -3.75. The van der Waals surface area contributed by atoms with E-state index in [0.29, 0.717) is 12.3 Å². The van der Waals surface area contributed by atoms with Crippen molar-refractivity contribution in [3.63, 3.8) is 0 Å². The van der Waals surface area contributed by atoms with E-state index >= 15 is 0 Å². The van der Waals surface area contributed by atoms with E-state index in [-0.39, 0.29) is 34.7 Å². The summed E-state index contributed by atoms with van der Waals surface area (Å²) in [4.78, 5) is 12.6. The zero-order chi connectivity index (χ0) is 25.0. The Balaban J connectivity index is 1.28. The van der Waals surface area contributed by atoms with Crippen LogP contribution in [0.5, 0.6) is 0 Å². The average Bonchev–Trinajstić information content (AvgIpc) is 3.60. The first-order chi connectivity index (χ1) is 17.3. The van der Waals surface area contributed by atoms with Crippen molar-refractivity contribution in [3.05, 3.63) is 88.5 Å². The second-order valence-corrected chi connectivity index (χ2v) is 12.0. The summed E-state index contributed by atoms with van der Waals surface area (Å²) in [6.45, 7) is 4.59. The Labute approximate surface area is 212 Å². The maximum Gasteiger partial charge on any atom is 0.261 e. The van der Waals surface area contributed by atoms with Crippen LogP contribution < -0.4 is 10.0 Å². The molecule has 186 valence electrons. The molecule has 2 aliphatic heterocycles. The minimum atomic E-state index is -3.75. The number of aryl methyl sites for hydroxylation is 2. The van der Waals surface area contributed by atoms with Gasteiger partial charge in [-0.05, 0) is 80.1 Å². The van der Waals surface area contributed by atoms with Crippen LogP contribution in [0.15, 0.2) is 65.6 Å². The van der Waals surface area contributed by atoms with E-state index in [2.05, 4.69) is 10.0 Å². The summed E-state index contributed by atoms with van der Waals surface area (Å²) in [6.07, 6.45) is 2.69. The SMILES string of the molecule is Cc1ccc(NS(=O)(=O)c2ccc3c(c2)C2OCCC2C(c2ccc(C(=O)C4CC4)cc2)N3)cc1C. The molecule has 6 nitrogen and oxygen atoms in total. The highest BCUT2D eigenvalue weighted by Crippen LogP contribution is 2.50. The van der Waals surface area contributed by atoms with Crippen LogP contribution in [-0.2, 0) is 14.8 Å². The number of benzene rings is 3. The molecule has 1 saturated carbocycles. The molecule has 2 heterocycles. The van der Waals surface area contributed by atoms with Crippen molar-refractivity contribution in [2.75, 3.05) is 16.6 Å². The molecule has 6 rings (SSSR count). The van der Waals surface area contributed by atoms with Gasteiger partial charge in [-0.2, -0.15) is 0 Å². The summed E-state index contributed by atoms with van der Waals surface area (Å²) in [5.74, 6) is 0.625. The Bertz CT molecular complexity index is 1440. The molecule has 0 spiro atoms. The topological polar surface area (TPSA) is 84.5 Å². The van der Waals surface area contributed by atoms with Gasteiger partial charge in [0.25, 0.3) is 10.0 Å². The lowest BCUT2D eigenvalue weighted by atomic mass is 9.81. The molecule has 3 aromatic rings. The summed E-state index contributed by atoms with van der Waals surface area (Å²) >= 11 is 0. The van der Waals surface area contributed by atoms with Gasteiger partial charge in [-0.15, -0.1) is 0 Å². The first kappa shape index (κ1) is 23.3. The van der Waals surface area contributed by atoms with Gasteiger partial charge in [0.2, 0.25) is 0 Å². The van der Waals surface area contributed by atoms with Crippen LogP contribution in [0.4, 0.5) is 11.4 Å². The average molecular weight is 503 g/mol. The molecule has 1 saturated heterocycles. The molecule has 3 aliphatic rings. The van der Waals surface area contributed by atoms with Gasteiger partial charge in [0.15, 0.2) is 5.78 Å². The number of hydrogen-bond acceptors (Lipinski definition) is 5. The van der Waals surface area contributed by atoms with Gasteiger partial charge in [0.05, 0.1) is 17.0 Å². The van der Waals surface area contributed by atoms with E-state index in [9.17, 15) is 13.2 Å². The first-order valence-electron chi connectivity index (χ1n) is 12.6. The molecule has 3 atom stereocenters. The van der Waals surface area contributed by atoms with Crippen LogP contribution in [-0.4, -0.2) is 20.8 Å². The molecule has 0 aromatic heterocycles. The number of nitrogens with one attached hydrogen (secondary N) is 2. The minimum Gasteiger partial charge on any atom is -0.378 e. The molecule has 2 N–H and O–H groups in total. The van der Waals surface area contributed by atoms with E-state index in [1.54, 1.807) is 18.2 Å². The van der Waals surface area contributed by atoms with E-state index in [0.717, 1.165) is 52.8 Å². The fourth-order valence-electron chi connectivity index (χ4n) is 5.40. The van der Waals surface area contributed by atoms with Crippen LogP contribution in [0.25, 0.3) is 0 Å². The van der Waals surface area contributed by atoms with Crippen molar-refractivity contribution < 1.29 is 17.9 Å². The predicted octanol–water partition coefficient (Wildman–Crippen LogP) is 5.94. The van der Waals surface area contributed by atoms with Crippen molar-refractivity contribution >= 4 is 27.2 Å². The Morgan fingerprint density at radius 2 is 1.72 bits per heavy atom. The lowest BCUT2D eigenvalue weighted by Gasteiger charge is -2.36. The highest BCUT2D eigenvalue weighted by atomic mass is 32.2. The Hall–Kier alpha value is -3.16. The third-order valence-corrected chi connectivity index (χ3v) is 9.16. The van der Waals surface area contributed by atoms with E-state index < -0.39 is 10.0 Å². The number of fused-ring (bicyclic) bond motifs is 3. The third kappa shape index (κ3) is 4.20. The van der Waals surface area contributed by atoms with E-state index in [4.69, 9.17) is 4.74 Å². The molecule has 0 bridgehead atoms. The maximum atomic E-state index is 13.2. The molecule has 0 radical (unpaired) electrons. The van der Waals surface area contributed by atoms with Gasteiger partial charge >= 0.3 is 0 Å². The number of rotatable bonds is 6. The van der Waals surface area contributed by atoms with Crippen molar-refractivity contribution in [1.29, 1.82) is 0 Å². The lowest BCUT2D eigenvalue weighted by molar-refractivity contribution is 0.0827. The molecule has 0 amide bonds. The number of carbonyl (C=O) groups is 1. The molecule has 2 fully saturated rings. The zero-order valence-electron chi connectivity index (χ0n) is 20.5. The molecular formula is C29H30N2O4S. The van der Waals surface area contributed by atoms with E-state index in [1.807, 2.05) is 56.3 Å². The van der Waals surface area contributed by atoms with Crippen LogP contribution >= 0.6 is 0 Å². The number of ether oxygens (including phenoxy) is 1. The van der Waals surface area contributed by atoms with Crippen molar-refractivity contribution in [1.82, 2.24) is 0 Å². The van der Waals surface area contributed by atoms with Gasteiger partial charge in [0, 0.05) is 40.9 Å². The molecular weight excluding hydrogens is 472 g/mol. The number of sulfonamides is 1. The molecule has 36 heavy (non-hydrogen) atoms. The summed E-state index contributed by atoms with van der Waals surface area (Å²) in [5.41, 5.74) is 6.34. The lowest BCUT2D eigenvalue weighted by Crippen LogP contribution is -2.29. The fourth-order valence-corrected chi connectivity index (χ4v) is 6.49. The molecule has 7 heteroatoms. The highest BCUT2D eigenvalue weighted by Gasteiger charge is 2.42. The van der Waals surface area contributed by atoms with Gasteiger partial charge in [-0.1, -0.05) is 30.3 Å². The van der Waals surface area contributed by atoms with Crippen LogP contribution in [0.2, 0.25) is 0 Å². The Morgan fingerprint density at radius 3 is 2.44 bits per heavy atom. The van der Waals surface area contributed by atoms with Crippen LogP contribution in [0.1, 0.15) is 64.0 Å². The quantitative estimate of drug-likeness (QED) is 0.408. The third-order valence-electron chi connectivity index (χ3n) is 7.78. The largest absolute Gasteiger partial charge is 0.378 e. The monoisotopic (exact) mass is 502 g/mol. The van der Waals surface area contributed by atoms with Gasteiger partial charge in [-0.3, -0.25) is 9.52 Å². The van der Waals surface area contributed by atoms with Crippen molar-refractivity contribution in [3.8, 4) is 0 Å². The summed E-state index contributed by atoms with van der Waals surface area (Å²) in [6, 6.07) is 18.7. The van der Waals surface area contributed by atoms with Crippen LogP contribution in [0.3, 0.4) is 0 Å². The second-order valence-electron chi connectivity index (χ2n) is 10.3. The number of anilines is 2. The zero-order valence-corrected chi connectivity index (χ0v) is 21.3. The number of carbonyl (C=O) groups excluding carboxylic acids is 1. The Morgan fingerprint density at radius 1 is 0.944 bits per heavy atom. The molecule has 3 unspecified atom stereocenters. The molecule has 3 aromatic carbocycles. The predicted molar refractivity (Wildman–Crippen MR) is 140 cm³/mol. The normalized spacial score (nSPS) is 22.9. The smallest absolute Gasteiger partial charge is 0.261 e. The van der Waals surface area contributed by atoms with Gasteiger partial charge in [0.1, 0.15) is 0 Å². The van der Waals surface area contributed by atoms with Crippen LogP contribution in [0, 0.1) is 25.7 Å². The van der Waals surface area contributed by atoms with Crippen molar-refractivity contribution in [2.24, 2.45) is 11.8 Å². The minimum absolute atomic E-state index is 0.0335.